The van der Waals surface area contributed by atoms with Crippen molar-refractivity contribution in [2.45, 2.75) is 26.1 Å². The van der Waals surface area contributed by atoms with E-state index < -0.39 is 12.8 Å². The van der Waals surface area contributed by atoms with Crippen molar-refractivity contribution in [3.8, 4) is 0 Å². The Labute approximate surface area is 113 Å². The van der Waals surface area contributed by atoms with Gasteiger partial charge >= 0.3 is 0 Å². The third kappa shape index (κ3) is 2.51. The van der Waals surface area contributed by atoms with Gasteiger partial charge in [0.25, 0.3) is 0 Å². The Morgan fingerprint density at radius 2 is 1.78 bits per heavy atom. The zero-order chi connectivity index (χ0) is 15.5. The smallest absolute Gasteiger partial charge is 0.170 e. The average Bonchev–Trinajstić information content (AvgIpc) is 2.47. The number of ketones is 1. The molecule has 2 rings (SSSR count). The molecule has 0 amide bonds. The maximum atomic E-state index is 12.7. The molecule has 0 aliphatic rings. The van der Waals surface area contributed by atoms with Crippen molar-refractivity contribution >= 4 is 5.78 Å². The van der Waals surface area contributed by atoms with Crippen LogP contribution in [0.4, 0.5) is 0 Å². The Balaban J connectivity index is 2.52. The molecule has 0 fully saturated rings. The number of benzene rings is 2. The molecular weight excluding hydrogens is 220 g/mol. The fraction of sp³-hybridized carbons (Fsp3) is 0.235. The van der Waals surface area contributed by atoms with Crippen LogP contribution in [0.1, 0.15) is 45.3 Å². The highest BCUT2D eigenvalue weighted by Crippen LogP contribution is 2.24. The molecule has 1 nitrogen and oxygen atoms in total. The lowest BCUT2D eigenvalue weighted by atomic mass is 9.88. The minimum absolute atomic E-state index is 0.350. The van der Waals surface area contributed by atoms with E-state index in [9.17, 15) is 4.79 Å². The maximum absolute atomic E-state index is 12.7. The summed E-state index contributed by atoms with van der Waals surface area (Å²) in [6, 6.07) is 15.9. The van der Waals surface area contributed by atoms with Crippen molar-refractivity contribution in [3.63, 3.8) is 0 Å². The van der Waals surface area contributed by atoms with Crippen LogP contribution < -0.4 is 0 Å². The first-order valence-corrected chi connectivity index (χ1v) is 6.12. The van der Waals surface area contributed by atoms with Gasteiger partial charge in [-0.1, -0.05) is 68.4 Å². The van der Waals surface area contributed by atoms with E-state index in [4.69, 9.17) is 4.11 Å². The van der Waals surface area contributed by atoms with Gasteiger partial charge in [-0.3, -0.25) is 4.79 Å². The van der Waals surface area contributed by atoms with Crippen LogP contribution in [0.3, 0.4) is 0 Å². The van der Waals surface area contributed by atoms with E-state index in [2.05, 4.69) is 0 Å². The zero-order valence-electron chi connectivity index (χ0n) is 13.4. The summed E-state index contributed by atoms with van der Waals surface area (Å²) >= 11 is 0. The van der Waals surface area contributed by atoms with Crippen LogP contribution in [0.25, 0.3) is 0 Å². The van der Waals surface area contributed by atoms with Gasteiger partial charge in [0.05, 0.1) is 0 Å². The monoisotopic (exact) mass is 241 g/mol. The molecule has 0 aromatic heterocycles. The van der Waals surface area contributed by atoms with Gasteiger partial charge in [-0.25, -0.2) is 0 Å². The maximum Gasteiger partial charge on any atom is 0.170 e. The summed E-state index contributed by atoms with van der Waals surface area (Å²) in [7, 11) is 0. The number of carbonyl (C=O) groups is 1. The molecule has 0 bridgehead atoms. The summed E-state index contributed by atoms with van der Waals surface area (Å²) in [4.78, 5) is 12.7. The second-order valence-electron chi connectivity index (χ2n) is 4.22. The van der Waals surface area contributed by atoms with Gasteiger partial charge in [0.15, 0.2) is 5.78 Å². The summed E-state index contributed by atoms with van der Waals surface area (Å²) in [5, 5.41) is 0. The third-order valence-corrected chi connectivity index (χ3v) is 3.07. The van der Waals surface area contributed by atoms with E-state index in [1.54, 1.807) is 42.5 Å². The molecule has 18 heavy (non-hydrogen) atoms. The highest BCUT2D eigenvalue weighted by Gasteiger charge is 2.18. The molecule has 1 atom stereocenters. The van der Waals surface area contributed by atoms with Crippen LogP contribution in [-0.2, 0) is 6.42 Å². The van der Waals surface area contributed by atoms with Crippen molar-refractivity contribution in [3.05, 3.63) is 71.3 Å². The van der Waals surface area contributed by atoms with E-state index in [-0.39, 0.29) is 5.78 Å². The quantitative estimate of drug-likeness (QED) is 0.732. The molecule has 0 aliphatic carbocycles. The largest absolute Gasteiger partial charge is 0.294 e. The van der Waals surface area contributed by atoms with Crippen LogP contribution in [0.2, 0.25) is 0 Å². The van der Waals surface area contributed by atoms with E-state index in [1.165, 1.54) is 0 Å². The third-order valence-electron chi connectivity index (χ3n) is 3.07. The van der Waals surface area contributed by atoms with Crippen LogP contribution in [0.15, 0.2) is 54.6 Å². The van der Waals surface area contributed by atoms with Crippen LogP contribution >= 0.6 is 0 Å². The summed E-state index contributed by atoms with van der Waals surface area (Å²) in [6.07, 6.45) is 0.699. The summed E-state index contributed by atoms with van der Waals surface area (Å²) in [5.74, 6) is -1.47. The molecule has 0 radical (unpaired) electrons. The first kappa shape index (κ1) is 9.09. The normalized spacial score (nSPS) is 15.3. The molecule has 2 aromatic carbocycles. The van der Waals surface area contributed by atoms with Crippen molar-refractivity contribution in [1.29, 1.82) is 0 Å². The molecule has 0 saturated heterocycles. The predicted molar refractivity (Wildman–Crippen MR) is 75.0 cm³/mol. The Bertz CT molecular complexity index is 617. The van der Waals surface area contributed by atoms with Gasteiger partial charge in [0.1, 0.15) is 0 Å². The molecule has 1 heteroatoms. The molecule has 2 aromatic rings. The van der Waals surface area contributed by atoms with Crippen LogP contribution in [0.5, 0.6) is 0 Å². The fourth-order valence-electron chi connectivity index (χ4n) is 2.05. The fourth-order valence-corrected chi connectivity index (χ4v) is 2.05. The summed E-state index contributed by atoms with van der Waals surface area (Å²) < 4.78 is 23.4. The van der Waals surface area contributed by atoms with Gasteiger partial charge in [-0.05, 0) is 17.5 Å². The van der Waals surface area contributed by atoms with Gasteiger partial charge in [-0.15, -0.1) is 0 Å². The second kappa shape index (κ2) is 5.63. The minimum atomic E-state index is -2.36. The molecule has 0 spiro atoms. The molecule has 0 saturated carbocycles. The van der Waals surface area contributed by atoms with E-state index in [0.717, 1.165) is 5.56 Å². The highest BCUT2D eigenvalue weighted by molar-refractivity contribution is 6.00. The number of hydrogen-bond acceptors (Lipinski definition) is 1. The molecule has 0 N–H and O–H groups in total. The number of Topliss-reactive ketones (excluding diaryl/α,β-unsaturated/α-hetero) is 1. The van der Waals surface area contributed by atoms with Crippen molar-refractivity contribution in [2.75, 3.05) is 0 Å². The van der Waals surface area contributed by atoms with Crippen molar-refractivity contribution < 1.29 is 8.91 Å². The Hall–Kier alpha value is -1.89. The predicted octanol–water partition coefficient (Wildman–Crippen LogP) is 4.24. The van der Waals surface area contributed by atoms with Gasteiger partial charge in [0.2, 0.25) is 0 Å². The molecule has 0 heterocycles. The lowest BCUT2D eigenvalue weighted by molar-refractivity contribution is 0.0966. The number of hydrogen-bond donors (Lipinski definition) is 0. The number of rotatable bonds is 4. The first-order valence-electron chi connectivity index (χ1n) is 7.62. The van der Waals surface area contributed by atoms with Crippen LogP contribution in [-0.4, -0.2) is 5.78 Å². The van der Waals surface area contributed by atoms with E-state index >= 15 is 0 Å². The van der Waals surface area contributed by atoms with Crippen LogP contribution in [0, 0.1) is 0 Å². The second-order valence-corrected chi connectivity index (χ2v) is 4.22. The summed E-state index contributed by atoms with van der Waals surface area (Å²) in [6.45, 7) is -0.402. The minimum Gasteiger partial charge on any atom is -0.294 e. The topological polar surface area (TPSA) is 17.1 Å². The SMILES string of the molecule is [2H]C([2H])([2H])C(C(=O)c1ccccc1)c1ccccc1CC. The Kier molecular flexibility index (Phi) is 2.85. The highest BCUT2D eigenvalue weighted by atomic mass is 16.1. The standard InChI is InChI=1S/C17H18O/c1-3-14-9-7-8-12-16(14)13(2)17(18)15-10-5-4-6-11-15/h4-13H,3H2,1-2H3/i2D3. The number of aryl methyl sites for hydroxylation is 1. The van der Waals surface area contributed by atoms with Crippen molar-refractivity contribution in [1.82, 2.24) is 0 Å². The lowest BCUT2D eigenvalue weighted by Gasteiger charge is -2.14. The Morgan fingerprint density at radius 3 is 2.44 bits per heavy atom. The van der Waals surface area contributed by atoms with E-state index in [0.29, 0.717) is 17.5 Å². The lowest BCUT2D eigenvalue weighted by Crippen LogP contribution is -2.11. The average molecular weight is 241 g/mol. The zero-order valence-corrected chi connectivity index (χ0v) is 10.4. The number of carbonyl (C=O) groups excluding carboxylic acids is 1. The van der Waals surface area contributed by atoms with Gasteiger partial charge in [0, 0.05) is 15.6 Å². The Morgan fingerprint density at radius 1 is 1.11 bits per heavy atom. The van der Waals surface area contributed by atoms with Gasteiger partial charge in [-0.2, -0.15) is 0 Å². The first-order chi connectivity index (χ1) is 9.95. The molecular formula is C17H18O. The summed E-state index contributed by atoms with van der Waals surface area (Å²) in [5.41, 5.74) is 1.95. The molecule has 0 aliphatic heterocycles. The van der Waals surface area contributed by atoms with Crippen molar-refractivity contribution in [2.24, 2.45) is 0 Å². The molecule has 92 valence electrons. The van der Waals surface area contributed by atoms with Gasteiger partial charge < -0.3 is 0 Å². The van der Waals surface area contributed by atoms with E-state index in [1.807, 2.05) is 19.1 Å². The molecule has 1 unspecified atom stereocenters.